The summed E-state index contributed by atoms with van der Waals surface area (Å²) in [4.78, 5) is 0. The molecule has 0 amide bonds. The lowest BCUT2D eigenvalue weighted by atomic mass is 9.79. The normalized spacial score (nSPS) is 16.0. The molecule has 0 heterocycles. The summed E-state index contributed by atoms with van der Waals surface area (Å²) in [5.41, 5.74) is 12.7. The predicted octanol–water partition coefficient (Wildman–Crippen LogP) is 9.72. The van der Waals surface area contributed by atoms with Crippen molar-refractivity contribution in [2.24, 2.45) is 0 Å². The first kappa shape index (κ1) is 20.5. The standard InChI is InChI=1S/C35H28/c1-22-19-30-25-18-17-24(21-32(25)35(2,3)31(30)20-22)34-28-15-9-7-13-26(28)33(23-11-5-4-6-12-23)27-14-8-10-16-29(27)34/h4-18,20-21H,19H2,1-3H3. The van der Waals surface area contributed by atoms with Gasteiger partial charge in [0, 0.05) is 5.41 Å². The van der Waals surface area contributed by atoms with Gasteiger partial charge in [-0.1, -0.05) is 116 Å². The number of benzene rings is 5. The molecule has 0 aliphatic heterocycles. The van der Waals surface area contributed by atoms with Gasteiger partial charge in [-0.3, -0.25) is 0 Å². The summed E-state index contributed by atoms with van der Waals surface area (Å²) >= 11 is 0. The Hall–Kier alpha value is -3.90. The average Bonchev–Trinajstić information content (AvgIpc) is 3.37. The maximum absolute atomic E-state index is 2.48. The van der Waals surface area contributed by atoms with Gasteiger partial charge in [0.25, 0.3) is 0 Å². The molecule has 5 aromatic carbocycles. The van der Waals surface area contributed by atoms with Crippen LogP contribution in [0.4, 0.5) is 0 Å². The van der Waals surface area contributed by atoms with Crippen molar-refractivity contribution < 1.29 is 0 Å². The summed E-state index contributed by atoms with van der Waals surface area (Å²) in [5.74, 6) is 0. The largest absolute Gasteiger partial charge is 0.0686 e. The third kappa shape index (κ3) is 2.86. The van der Waals surface area contributed by atoms with E-state index in [1.807, 2.05) is 0 Å². The van der Waals surface area contributed by atoms with E-state index >= 15 is 0 Å². The van der Waals surface area contributed by atoms with E-state index in [2.05, 4.69) is 124 Å². The van der Waals surface area contributed by atoms with Crippen molar-refractivity contribution in [2.45, 2.75) is 32.6 Å². The van der Waals surface area contributed by atoms with Gasteiger partial charge in [-0.05, 0) is 85.5 Å². The van der Waals surface area contributed by atoms with Gasteiger partial charge < -0.3 is 0 Å². The van der Waals surface area contributed by atoms with Crippen LogP contribution in [-0.4, -0.2) is 0 Å². The SMILES string of the molecule is CC1=CC2=C(C1)c1ccc(-c3c4ccccc4c(-c4ccccc4)c4ccccc34)cc1C2(C)C. The van der Waals surface area contributed by atoms with Gasteiger partial charge in [0.15, 0.2) is 0 Å². The second-order valence-corrected chi connectivity index (χ2v) is 10.7. The van der Waals surface area contributed by atoms with Crippen molar-refractivity contribution in [3.63, 3.8) is 0 Å². The topological polar surface area (TPSA) is 0 Å². The Morgan fingerprint density at radius 2 is 1.14 bits per heavy atom. The second kappa shape index (κ2) is 7.30. The summed E-state index contributed by atoms with van der Waals surface area (Å²) in [5, 5.41) is 5.26. The molecule has 0 atom stereocenters. The van der Waals surface area contributed by atoms with E-state index in [1.54, 1.807) is 0 Å². The molecule has 2 aliphatic rings. The molecule has 0 nitrogen and oxygen atoms in total. The van der Waals surface area contributed by atoms with Crippen LogP contribution < -0.4 is 0 Å². The number of rotatable bonds is 2. The minimum absolute atomic E-state index is 0.0357. The molecule has 0 aromatic heterocycles. The molecule has 168 valence electrons. The lowest BCUT2D eigenvalue weighted by Crippen LogP contribution is -2.16. The van der Waals surface area contributed by atoms with E-state index in [0.717, 1.165) is 6.42 Å². The number of hydrogen-bond acceptors (Lipinski definition) is 0. The lowest BCUT2D eigenvalue weighted by Gasteiger charge is -2.24. The summed E-state index contributed by atoms with van der Waals surface area (Å²) in [6.45, 7) is 7.04. The molecule has 0 bridgehead atoms. The van der Waals surface area contributed by atoms with Crippen LogP contribution in [0.2, 0.25) is 0 Å². The lowest BCUT2D eigenvalue weighted by molar-refractivity contribution is 0.655. The zero-order chi connectivity index (χ0) is 23.7. The van der Waals surface area contributed by atoms with Crippen LogP contribution in [-0.2, 0) is 5.41 Å². The Morgan fingerprint density at radius 1 is 0.600 bits per heavy atom. The Balaban J connectivity index is 1.54. The maximum Gasteiger partial charge on any atom is 0.0155 e. The van der Waals surface area contributed by atoms with Crippen molar-refractivity contribution in [3.8, 4) is 22.3 Å². The van der Waals surface area contributed by atoms with Gasteiger partial charge in [0.1, 0.15) is 0 Å². The molecule has 0 spiro atoms. The van der Waals surface area contributed by atoms with E-state index < -0.39 is 0 Å². The highest BCUT2D eigenvalue weighted by Gasteiger charge is 2.39. The van der Waals surface area contributed by atoms with E-state index in [1.165, 1.54) is 71.6 Å². The van der Waals surface area contributed by atoms with E-state index in [0.29, 0.717) is 0 Å². The van der Waals surface area contributed by atoms with Gasteiger partial charge in [-0.2, -0.15) is 0 Å². The van der Waals surface area contributed by atoms with Crippen molar-refractivity contribution >= 4 is 27.1 Å². The fourth-order valence-electron chi connectivity index (χ4n) is 6.54. The Bertz CT molecular complexity index is 1670. The Morgan fingerprint density at radius 3 is 1.74 bits per heavy atom. The summed E-state index contributed by atoms with van der Waals surface area (Å²) in [6.07, 6.45) is 3.51. The molecule has 35 heavy (non-hydrogen) atoms. The van der Waals surface area contributed by atoms with Crippen LogP contribution in [0.15, 0.2) is 114 Å². The zero-order valence-corrected chi connectivity index (χ0v) is 20.5. The molecule has 0 N–H and O–H groups in total. The molecule has 0 saturated carbocycles. The number of hydrogen-bond donors (Lipinski definition) is 0. The van der Waals surface area contributed by atoms with Crippen molar-refractivity contribution in [1.29, 1.82) is 0 Å². The fraction of sp³-hybridized carbons (Fsp3) is 0.143. The quantitative estimate of drug-likeness (QED) is 0.236. The highest BCUT2D eigenvalue weighted by atomic mass is 14.4. The summed E-state index contributed by atoms with van der Waals surface area (Å²) in [7, 11) is 0. The smallest absolute Gasteiger partial charge is 0.0155 e. The zero-order valence-electron chi connectivity index (χ0n) is 20.5. The molecule has 0 radical (unpaired) electrons. The van der Waals surface area contributed by atoms with Crippen LogP contribution in [0.5, 0.6) is 0 Å². The summed E-state index contributed by atoms with van der Waals surface area (Å²) < 4.78 is 0. The molecule has 5 aromatic rings. The first-order valence-corrected chi connectivity index (χ1v) is 12.6. The summed E-state index contributed by atoms with van der Waals surface area (Å²) in [6, 6.07) is 35.9. The minimum atomic E-state index is 0.0357. The first-order chi connectivity index (χ1) is 17.0. The van der Waals surface area contributed by atoms with Gasteiger partial charge in [-0.25, -0.2) is 0 Å². The maximum atomic E-state index is 2.48. The molecule has 7 rings (SSSR count). The van der Waals surface area contributed by atoms with Crippen LogP contribution >= 0.6 is 0 Å². The second-order valence-electron chi connectivity index (χ2n) is 10.7. The molecule has 0 saturated heterocycles. The highest BCUT2D eigenvalue weighted by Crippen LogP contribution is 2.53. The van der Waals surface area contributed by atoms with E-state index in [-0.39, 0.29) is 5.41 Å². The third-order valence-electron chi connectivity index (χ3n) is 8.15. The third-order valence-corrected chi connectivity index (χ3v) is 8.15. The van der Waals surface area contributed by atoms with Gasteiger partial charge in [0.05, 0.1) is 0 Å². The van der Waals surface area contributed by atoms with E-state index in [4.69, 9.17) is 0 Å². The first-order valence-electron chi connectivity index (χ1n) is 12.6. The van der Waals surface area contributed by atoms with Crippen LogP contribution in [0.25, 0.3) is 49.4 Å². The molecule has 0 fully saturated rings. The molecule has 0 heteroatoms. The highest BCUT2D eigenvalue weighted by molar-refractivity contribution is 6.21. The van der Waals surface area contributed by atoms with Crippen LogP contribution in [0.1, 0.15) is 38.3 Å². The van der Waals surface area contributed by atoms with Crippen LogP contribution in [0, 0.1) is 0 Å². The van der Waals surface area contributed by atoms with Crippen molar-refractivity contribution in [2.75, 3.05) is 0 Å². The predicted molar refractivity (Wildman–Crippen MR) is 151 cm³/mol. The molecule has 0 unspecified atom stereocenters. The van der Waals surface area contributed by atoms with Crippen LogP contribution in [0.3, 0.4) is 0 Å². The minimum Gasteiger partial charge on any atom is -0.0686 e. The average molecular weight is 449 g/mol. The fourth-order valence-corrected chi connectivity index (χ4v) is 6.54. The molecular formula is C35H28. The van der Waals surface area contributed by atoms with Gasteiger partial charge in [-0.15, -0.1) is 0 Å². The number of fused-ring (bicyclic) bond motifs is 4. The van der Waals surface area contributed by atoms with Gasteiger partial charge in [0.2, 0.25) is 0 Å². The molecular weight excluding hydrogens is 420 g/mol. The van der Waals surface area contributed by atoms with Gasteiger partial charge >= 0.3 is 0 Å². The monoisotopic (exact) mass is 448 g/mol. The van der Waals surface area contributed by atoms with E-state index in [9.17, 15) is 0 Å². The van der Waals surface area contributed by atoms with Crippen molar-refractivity contribution in [3.05, 3.63) is 125 Å². The van der Waals surface area contributed by atoms with Crippen molar-refractivity contribution in [1.82, 2.24) is 0 Å². The Kier molecular flexibility index (Phi) is 4.27. The molecule has 2 aliphatic carbocycles. The number of allylic oxidation sites excluding steroid dienone is 4. The Labute approximate surface area is 207 Å².